The number of ether oxygens (including phenoxy) is 1. The first-order valence-corrected chi connectivity index (χ1v) is 13.2. The van der Waals surface area contributed by atoms with Crippen LogP contribution < -0.4 is 0 Å². The average molecular weight is 423 g/mol. The summed E-state index contributed by atoms with van der Waals surface area (Å²) in [6, 6.07) is 0. The van der Waals surface area contributed by atoms with E-state index < -0.39 is 0 Å². The van der Waals surface area contributed by atoms with Crippen LogP contribution >= 0.6 is 0 Å². The van der Waals surface area contributed by atoms with Gasteiger partial charge in [0.15, 0.2) is 0 Å². The number of epoxide rings is 1. The highest BCUT2D eigenvalue weighted by molar-refractivity contribution is 5.18. The van der Waals surface area contributed by atoms with E-state index in [0.717, 1.165) is 25.9 Å². The standard InChI is InChI=1S/C27H50O3/c1-6-7-8-9-10-11-12-21-17-23-25(4,16-15-24(29)26(23,5)18-28)22(14-13-20(2)3)27(21)19-30-27/h20-24,28-29H,6-19H2,1-5H3. The van der Waals surface area contributed by atoms with Crippen molar-refractivity contribution in [2.75, 3.05) is 13.2 Å². The average Bonchev–Trinajstić information content (AvgIpc) is 3.49. The van der Waals surface area contributed by atoms with Gasteiger partial charge in [-0.1, -0.05) is 79.6 Å². The summed E-state index contributed by atoms with van der Waals surface area (Å²) >= 11 is 0. The third-order valence-corrected chi connectivity index (χ3v) is 9.66. The Bertz CT molecular complexity index is 542. The fourth-order valence-electron chi connectivity index (χ4n) is 7.56. The summed E-state index contributed by atoms with van der Waals surface area (Å²) in [7, 11) is 0. The Hall–Kier alpha value is -0.120. The Kier molecular flexibility index (Phi) is 8.00. The van der Waals surface area contributed by atoms with Gasteiger partial charge in [-0.15, -0.1) is 0 Å². The van der Waals surface area contributed by atoms with Gasteiger partial charge in [-0.3, -0.25) is 0 Å². The van der Waals surface area contributed by atoms with Gasteiger partial charge in [0.1, 0.15) is 0 Å². The number of hydrogen-bond donors (Lipinski definition) is 2. The zero-order valence-electron chi connectivity index (χ0n) is 20.6. The topological polar surface area (TPSA) is 53.0 Å². The SMILES string of the molecule is CCCCCCCCC1CC2C(C)(CO)C(O)CCC2(C)C(CCC(C)C)C12CO2. The van der Waals surface area contributed by atoms with Gasteiger partial charge in [-0.05, 0) is 61.2 Å². The minimum Gasteiger partial charge on any atom is -0.396 e. The van der Waals surface area contributed by atoms with Crippen molar-refractivity contribution in [2.24, 2.45) is 34.5 Å². The Morgan fingerprint density at radius 3 is 2.30 bits per heavy atom. The van der Waals surface area contributed by atoms with E-state index in [-0.39, 0.29) is 29.1 Å². The Morgan fingerprint density at radius 1 is 1.03 bits per heavy atom. The highest BCUT2D eigenvalue weighted by atomic mass is 16.6. The molecule has 7 unspecified atom stereocenters. The van der Waals surface area contributed by atoms with E-state index in [1.807, 2.05) is 0 Å². The van der Waals surface area contributed by atoms with Crippen LogP contribution in [0.5, 0.6) is 0 Å². The molecular weight excluding hydrogens is 372 g/mol. The normalized spacial score (nSPS) is 43.2. The molecule has 2 saturated carbocycles. The lowest BCUT2D eigenvalue weighted by atomic mass is 9.42. The van der Waals surface area contributed by atoms with Gasteiger partial charge in [-0.25, -0.2) is 0 Å². The number of aliphatic hydroxyl groups excluding tert-OH is 2. The van der Waals surface area contributed by atoms with Gasteiger partial charge in [0.05, 0.1) is 24.9 Å². The maximum atomic E-state index is 10.9. The van der Waals surface area contributed by atoms with Crippen LogP contribution in [-0.2, 0) is 4.74 Å². The van der Waals surface area contributed by atoms with Crippen LogP contribution in [0.25, 0.3) is 0 Å². The van der Waals surface area contributed by atoms with Gasteiger partial charge in [-0.2, -0.15) is 0 Å². The van der Waals surface area contributed by atoms with Crippen molar-refractivity contribution >= 4 is 0 Å². The highest BCUT2D eigenvalue weighted by Crippen LogP contribution is 2.68. The fourth-order valence-corrected chi connectivity index (χ4v) is 7.56. The van der Waals surface area contributed by atoms with Crippen molar-refractivity contribution < 1.29 is 14.9 Å². The van der Waals surface area contributed by atoms with Gasteiger partial charge in [0.2, 0.25) is 0 Å². The highest BCUT2D eigenvalue weighted by Gasteiger charge is 2.69. The van der Waals surface area contributed by atoms with Crippen LogP contribution in [0.3, 0.4) is 0 Å². The largest absolute Gasteiger partial charge is 0.396 e. The molecule has 1 spiro atoms. The van der Waals surface area contributed by atoms with Crippen molar-refractivity contribution in [1.29, 1.82) is 0 Å². The number of rotatable bonds is 11. The zero-order chi connectivity index (χ0) is 22.0. The third kappa shape index (κ3) is 4.50. The van der Waals surface area contributed by atoms with E-state index in [2.05, 4.69) is 34.6 Å². The van der Waals surface area contributed by atoms with E-state index in [1.165, 1.54) is 57.8 Å². The van der Waals surface area contributed by atoms with Crippen LogP contribution in [-0.4, -0.2) is 35.1 Å². The summed E-state index contributed by atoms with van der Waals surface area (Å²) in [6.07, 6.45) is 14.4. The molecule has 0 bridgehead atoms. The molecule has 3 nitrogen and oxygen atoms in total. The van der Waals surface area contributed by atoms with Crippen molar-refractivity contribution in [3.8, 4) is 0 Å². The molecule has 0 radical (unpaired) electrons. The molecule has 1 heterocycles. The molecule has 7 atom stereocenters. The van der Waals surface area contributed by atoms with Crippen LogP contribution in [0.2, 0.25) is 0 Å². The number of aliphatic hydroxyl groups is 2. The van der Waals surface area contributed by atoms with Gasteiger partial charge >= 0.3 is 0 Å². The Labute approximate surface area is 186 Å². The lowest BCUT2D eigenvalue weighted by Gasteiger charge is -2.62. The first-order valence-electron chi connectivity index (χ1n) is 13.2. The molecule has 0 aromatic heterocycles. The molecule has 30 heavy (non-hydrogen) atoms. The summed E-state index contributed by atoms with van der Waals surface area (Å²) in [5.41, 5.74) is -0.124. The third-order valence-electron chi connectivity index (χ3n) is 9.66. The maximum absolute atomic E-state index is 10.9. The second-order valence-electron chi connectivity index (χ2n) is 12.0. The van der Waals surface area contributed by atoms with Crippen LogP contribution in [0, 0.1) is 34.5 Å². The summed E-state index contributed by atoms with van der Waals surface area (Å²) in [5, 5.41) is 21.3. The first kappa shape index (κ1) is 24.5. The number of unbranched alkanes of at least 4 members (excludes halogenated alkanes) is 5. The molecular formula is C27H50O3. The van der Waals surface area contributed by atoms with Crippen LogP contribution in [0.15, 0.2) is 0 Å². The molecule has 3 rings (SSSR count). The summed E-state index contributed by atoms with van der Waals surface area (Å²) in [5.74, 6) is 2.25. The van der Waals surface area contributed by atoms with Gasteiger partial charge in [0, 0.05) is 5.41 Å². The fraction of sp³-hybridized carbons (Fsp3) is 1.00. The maximum Gasteiger partial charge on any atom is 0.0977 e. The van der Waals surface area contributed by atoms with Crippen LogP contribution in [0.1, 0.15) is 112 Å². The first-order chi connectivity index (χ1) is 14.2. The van der Waals surface area contributed by atoms with Crippen molar-refractivity contribution in [1.82, 2.24) is 0 Å². The molecule has 0 amide bonds. The summed E-state index contributed by atoms with van der Waals surface area (Å²) in [6.45, 7) is 12.6. The minimum absolute atomic E-state index is 0.0855. The molecule has 2 N–H and O–H groups in total. The molecule has 1 aliphatic heterocycles. The summed E-state index contributed by atoms with van der Waals surface area (Å²) in [4.78, 5) is 0. The van der Waals surface area contributed by atoms with Gasteiger partial charge in [0.25, 0.3) is 0 Å². The molecule has 176 valence electrons. The second kappa shape index (κ2) is 9.79. The zero-order valence-corrected chi connectivity index (χ0v) is 20.6. The monoisotopic (exact) mass is 422 g/mol. The minimum atomic E-state index is -0.379. The lowest BCUT2D eigenvalue weighted by Crippen LogP contribution is -2.62. The smallest absolute Gasteiger partial charge is 0.0977 e. The second-order valence-corrected chi connectivity index (χ2v) is 12.0. The van der Waals surface area contributed by atoms with Crippen LogP contribution in [0.4, 0.5) is 0 Å². The molecule has 2 aliphatic carbocycles. The Morgan fingerprint density at radius 2 is 1.70 bits per heavy atom. The van der Waals surface area contributed by atoms with E-state index in [9.17, 15) is 10.2 Å². The van der Waals surface area contributed by atoms with E-state index >= 15 is 0 Å². The number of hydrogen-bond acceptors (Lipinski definition) is 3. The number of fused-ring (bicyclic) bond motifs is 1. The Balaban J connectivity index is 1.79. The van der Waals surface area contributed by atoms with Crippen molar-refractivity contribution in [3.05, 3.63) is 0 Å². The molecule has 3 heteroatoms. The molecule has 0 aromatic carbocycles. The molecule has 1 saturated heterocycles. The predicted molar refractivity (Wildman–Crippen MR) is 124 cm³/mol. The van der Waals surface area contributed by atoms with E-state index in [0.29, 0.717) is 23.7 Å². The molecule has 3 aliphatic rings. The van der Waals surface area contributed by atoms with Crippen molar-refractivity contribution in [2.45, 2.75) is 123 Å². The molecule has 3 fully saturated rings. The molecule has 0 aromatic rings. The van der Waals surface area contributed by atoms with E-state index in [4.69, 9.17) is 4.74 Å². The quantitative estimate of drug-likeness (QED) is 0.301. The van der Waals surface area contributed by atoms with Crippen molar-refractivity contribution in [3.63, 3.8) is 0 Å². The van der Waals surface area contributed by atoms with Gasteiger partial charge < -0.3 is 14.9 Å². The van der Waals surface area contributed by atoms with E-state index in [1.54, 1.807) is 0 Å². The predicted octanol–water partition coefficient (Wildman–Crippen LogP) is 6.35. The summed E-state index contributed by atoms with van der Waals surface area (Å²) < 4.78 is 6.41. The lowest BCUT2D eigenvalue weighted by molar-refractivity contribution is -0.191.